The maximum absolute atomic E-state index is 12.1. The predicted octanol–water partition coefficient (Wildman–Crippen LogP) is 7.27. The Labute approximate surface area is 204 Å². The predicted molar refractivity (Wildman–Crippen MR) is 138 cm³/mol. The fraction of sp³-hybridized carbons (Fsp3) is 0.893. The molecule has 0 atom stereocenters. The number of nitrogens with zero attached hydrogens (tertiary/aromatic N) is 1. The summed E-state index contributed by atoms with van der Waals surface area (Å²) in [7, 11) is 0. The van der Waals surface area contributed by atoms with Crippen molar-refractivity contribution in [1.29, 1.82) is 0 Å². The zero-order chi connectivity index (χ0) is 24.4. The molecule has 33 heavy (non-hydrogen) atoms. The highest BCUT2D eigenvalue weighted by Gasteiger charge is 2.46. The van der Waals surface area contributed by atoms with Crippen LogP contribution in [0.3, 0.4) is 0 Å². The SMILES string of the molecule is CCCCCCCC/C=C\CCCCCCCCOCC1(CO)CN(C(=O)OC(C)(C)C)C1. The monoisotopic (exact) mass is 467 g/mol. The van der Waals surface area contributed by atoms with Gasteiger partial charge in [-0.25, -0.2) is 4.79 Å². The molecule has 0 aromatic rings. The number of hydrogen-bond acceptors (Lipinski definition) is 4. The minimum atomic E-state index is -0.491. The summed E-state index contributed by atoms with van der Waals surface area (Å²) in [5.41, 5.74) is -0.811. The van der Waals surface area contributed by atoms with Gasteiger partial charge in [0, 0.05) is 19.7 Å². The molecule has 0 bridgehead atoms. The van der Waals surface area contributed by atoms with Crippen LogP contribution in [0.15, 0.2) is 12.2 Å². The van der Waals surface area contributed by atoms with Gasteiger partial charge >= 0.3 is 6.09 Å². The van der Waals surface area contributed by atoms with Crippen molar-refractivity contribution in [3.8, 4) is 0 Å². The highest BCUT2D eigenvalue weighted by atomic mass is 16.6. The summed E-state index contributed by atoms with van der Waals surface area (Å²) >= 11 is 0. The van der Waals surface area contributed by atoms with Gasteiger partial charge in [-0.15, -0.1) is 0 Å². The number of unbranched alkanes of at least 4 members (excludes halogenated alkanes) is 12. The summed E-state index contributed by atoms with van der Waals surface area (Å²) in [5.74, 6) is 0. The molecule has 1 N–H and O–H groups in total. The van der Waals surface area contributed by atoms with E-state index in [2.05, 4.69) is 19.1 Å². The quantitative estimate of drug-likeness (QED) is 0.160. The van der Waals surface area contributed by atoms with Crippen molar-refractivity contribution in [2.24, 2.45) is 5.41 Å². The second kappa shape index (κ2) is 17.4. The molecule has 0 radical (unpaired) electrons. The third-order valence-electron chi connectivity index (χ3n) is 6.25. The molecule has 1 heterocycles. The molecule has 0 aliphatic carbocycles. The van der Waals surface area contributed by atoms with Crippen molar-refractivity contribution in [2.75, 3.05) is 32.9 Å². The topological polar surface area (TPSA) is 59.0 Å². The molecular weight excluding hydrogens is 414 g/mol. The lowest BCUT2D eigenvalue weighted by Gasteiger charge is -2.48. The molecule has 5 nitrogen and oxygen atoms in total. The van der Waals surface area contributed by atoms with Gasteiger partial charge in [0.1, 0.15) is 5.60 Å². The number of ether oxygens (including phenoxy) is 2. The number of aliphatic hydroxyl groups is 1. The first-order chi connectivity index (χ1) is 15.8. The molecule has 1 aliphatic heterocycles. The number of carbonyl (C=O) groups excluding carboxylic acids is 1. The normalized spacial score (nSPS) is 15.7. The minimum absolute atomic E-state index is 0.0414. The Morgan fingerprint density at radius 1 is 0.879 bits per heavy atom. The van der Waals surface area contributed by atoms with Gasteiger partial charge in [-0.05, 0) is 52.9 Å². The van der Waals surface area contributed by atoms with Gasteiger partial charge < -0.3 is 19.5 Å². The zero-order valence-electron chi connectivity index (χ0n) is 22.2. The number of amides is 1. The van der Waals surface area contributed by atoms with E-state index in [1.54, 1.807) is 4.90 Å². The Hall–Kier alpha value is -1.07. The van der Waals surface area contributed by atoms with Gasteiger partial charge in [-0.2, -0.15) is 0 Å². The van der Waals surface area contributed by atoms with E-state index >= 15 is 0 Å². The minimum Gasteiger partial charge on any atom is -0.444 e. The van der Waals surface area contributed by atoms with E-state index in [-0.39, 0.29) is 18.1 Å². The molecule has 0 aromatic carbocycles. The highest BCUT2D eigenvalue weighted by molar-refractivity contribution is 5.69. The van der Waals surface area contributed by atoms with Crippen LogP contribution in [0, 0.1) is 5.41 Å². The van der Waals surface area contributed by atoms with E-state index < -0.39 is 5.60 Å². The second-order valence-corrected chi connectivity index (χ2v) is 11.0. The van der Waals surface area contributed by atoms with E-state index in [1.165, 1.54) is 83.5 Å². The molecule has 1 amide bonds. The fourth-order valence-electron chi connectivity index (χ4n) is 4.20. The van der Waals surface area contributed by atoms with Gasteiger partial charge in [0.05, 0.1) is 18.6 Å². The van der Waals surface area contributed by atoms with Crippen LogP contribution < -0.4 is 0 Å². The lowest BCUT2D eigenvalue weighted by molar-refractivity contribution is -0.0948. The van der Waals surface area contributed by atoms with E-state index in [9.17, 15) is 9.90 Å². The maximum atomic E-state index is 12.1. The molecule has 0 spiro atoms. The summed E-state index contributed by atoms with van der Waals surface area (Å²) in [6.07, 6.45) is 22.7. The molecule has 1 saturated heterocycles. The second-order valence-electron chi connectivity index (χ2n) is 11.0. The van der Waals surface area contributed by atoms with Crippen LogP contribution in [0.4, 0.5) is 4.79 Å². The van der Waals surface area contributed by atoms with Crippen molar-refractivity contribution >= 4 is 6.09 Å². The Morgan fingerprint density at radius 2 is 1.39 bits per heavy atom. The van der Waals surface area contributed by atoms with Crippen molar-refractivity contribution in [1.82, 2.24) is 4.90 Å². The van der Waals surface area contributed by atoms with Crippen LogP contribution in [0.2, 0.25) is 0 Å². The molecule has 0 saturated carbocycles. The van der Waals surface area contributed by atoms with E-state index in [0.29, 0.717) is 19.7 Å². The summed E-state index contributed by atoms with van der Waals surface area (Å²) in [6.45, 7) is 10.2. The lowest BCUT2D eigenvalue weighted by atomic mass is 9.82. The van der Waals surface area contributed by atoms with Crippen LogP contribution in [-0.4, -0.2) is 54.6 Å². The number of hydrogen-bond donors (Lipinski definition) is 1. The number of aliphatic hydroxyl groups excluding tert-OH is 1. The van der Waals surface area contributed by atoms with Gasteiger partial charge in [-0.1, -0.05) is 76.9 Å². The Kier molecular flexibility index (Phi) is 15.8. The third kappa shape index (κ3) is 14.7. The third-order valence-corrected chi connectivity index (χ3v) is 6.25. The molecule has 0 unspecified atom stereocenters. The molecule has 1 rings (SSSR count). The van der Waals surface area contributed by atoms with Crippen LogP contribution in [0.1, 0.15) is 118 Å². The first-order valence-corrected chi connectivity index (χ1v) is 13.6. The van der Waals surface area contributed by atoms with Crippen molar-refractivity contribution in [3.05, 3.63) is 12.2 Å². The molecular formula is C28H53NO4. The molecule has 5 heteroatoms. The number of carbonyl (C=O) groups is 1. The molecule has 1 fully saturated rings. The molecule has 0 aromatic heterocycles. The maximum Gasteiger partial charge on any atom is 0.410 e. The summed E-state index contributed by atoms with van der Waals surface area (Å²) in [4.78, 5) is 13.7. The Morgan fingerprint density at radius 3 is 1.91 bits per heavy atom. The first-order valence-electron chi connectivity index (χ1n) is 13.6. The van der Waals surface area contributed by atoms with Gasteiger partial charge in [0.25, 0.3) is 0 Å². The average molecular weight is 468 g/mol. The van der Waals surface area contributed by atoms with Crippen LogP contribution in [0.25, 0.3) is 0 Å². The summed E-state index contributed by atoms with van der Waals surface area (Å²) in [5, 5.41) is 9.75. The number of allylic oxidation sites excluding steroid dienone is 2. The average Bonchev–Trinajstić information content (AvgIpc) is 2.73. The zero-order valence-corrected chi connectivity index (χ0v) is 22.2. The van der Waals surface area contributed by atoms with Crippen LogP contribution >= 0.6 is 0 Å². The summed E-state index contributed by atoms with van der Waals surface area (Å²) < 4.78 is 11.2. The molecule has 1 aliphatic rings. The van der Waals surface area contributed by atoms with Crippen LogP contribution in [0.5, 0.6) is 0 Å². The van der Waals surface area contributed by atoms with Gasteiger partial charge in [-0.3, -0.25) is 0 Å². The fourth-order valence-corrected chi connectivity index (χ4v) is 4.20. The van der Waals surface area contributed by atoms with E-state index in [4.69, 9.17) is 9.47 Å². The first kappa shape index (κ1) is 30.0. The number of rotatable bonds is 19. The van der Waals surface area contributed by atoms with E-state index in [0.717, 1.165) is 13.0 Å². The van der Waals surface area contributed by atoms with Gasteiger partial charge in [0.2, 0.25) is 0 Å². The summed E-state index contributed by atoms with van der Waals surface area (Å²) in [6, 6.07) is 0. The Bertz CT molecular complexity index is 520. The largest absolute Gasteiger partial charge is 0.444 e. The van der Waals surface area contributed by atoms with Crippen molar-refractivity contribution < 1.29 is 19.4 Å². The number of likely N-dealkylation sites (tertiary alicyclic amines) is 1. The van der Waals surface area contributed by atoms with Crippen molar-refractivity contribution in [2.45, 2.75) is 123 Å². The van der Waals surface area contributed by atoms with Gasteiger partial charge in [0.15, 0.2) is 0 Å². The molecule has 194 valence electrons. The van der Waals surface area contributed by atoms with Crippen molar-refractivity contribution in [3.63, 3.8) is 0 Å². The van der Waals surface area contributed by atoms with E-state index in [1.807, 2.05) is 20.8 Å². The Balaban J connectivity index is 1.90. The highest BCUT2D eigenvalue weighted by Crippen LogP contribution is 2.31. The standard InChI is InChI=1S/C28H53NO4/c1-5-6-7-8-9-10-11-12-13-14-15-16-17-18-19-20-21-32-25-28(24-30)22-29(23-28)26(31)33-27(2,3)4/h12-13,30H,5-11,14-25H2,1-4H3/b13-12-. The smallest absolute Gasteiger partial charge is 0.410 e. The lowest BCUT2D eigenvalue weighted by Crippen LogP contribution is -2.62. The van der Waals surface area contributed by atoms with Crippen LogP contribution in [-0.2, 0) is 9.47 Å².